The van der Waals surface area contributed by atoms with Gasteiger partial charge in [0, 0.05) is 17.9 Å². The minimum atomic E-state index is -3.78. The van der Waals surface area contributed by atoms with Crippen molar-refractivity contribution < 1.29 is 23.1 Å². The average molecular weight is 594 g/mol. The van der Waals surface area contributed by atoms with E-state index in [4.69, 9.17) is 4.74 Å². The molecule has 0 spiro atoms. The van der Waals surface area contributed by atoms with E-state index in [9.17, 15) is 18.3 Å². The number of aliphatic hydroxyl groups excluding tert-OH is 1. The summed E-state index contributed by atoms with van der Waals surface area (Å²) in [6.45, 7) is 3.04. The van der Waals surface area contributed by atoms with Crippen molar-refractivity contribution >= 4 is 27.4 Å². The maximum atomic E-state index is 12.9. The van der Waals surface area contributed by atoms with E-state index in [2.05, 4.69) is 22.3 Å². The number of benzene rings is 3. The van der Waals surface area contributed by atoms with Crippen LogP contribution in [0.15, 0.2) is 83.8 Å². The Morgan fingerprint density at radius 3 is 2.36 bits per heavy atom. The number of para-hydroxylation sites is 1. The molecule has 0 aliphatic heterocycles. The number of urea groups is 1. The topological polar surface area (TPSA) is 117 Å². The molecule has 226 valence electrons. The Bertz CT molecular complexity index is 1350. The molecule has 0 heterocycles. The Morgan fingerprint density at radius 1 is 0.929 bits per heavy atom. The number of carbonyl (C=O) groups excluding carboxylic acids is 1. The number of rotatable bonds is 15. The number of sulfonamides is 1. The molecule has 42 heavy (non-hydrogen) atoms. The Balaban J connectivity index is 1.21. The van der Waals surface area contributed by atoms with E-state index in [1.165, 1.54) is 12.1 Å². The summed E-state index contributed by atoms with van der Waals surface area (Å²) in [5.74, 6) is 1.46. The van der Waals surface area contributed by atoms with Gasteiger partial charge in [0.2, 0.25) is 0 Å². The lowest BCUT2D eigenvalue weighted by Gasteiger charge is -2.19. The number of ether oxygens (including phenoxy) is 1. The summed E-state index contributed by atoms with van der Waals surface area (Å²) in [5.41, 5.74) is 2.15. The van der Waals surface area contributed by atoms with Crippen LogP contribution in [0.4, 0.5) is 16.2 Å². The lowest BCUT2D eigenvalue weighted by atomic mass is 9.95. The number of nitrogens with one attached hydrogen (secondary N) is 3. The van der Waals surface area contributed by atoms with E-state index in [0.717, 1.165) is 62.7 Å². The summed E-state index contributed by atoms with van der Waals surface area (Å²) in [7, 11) is -3.78. The molecule has 0 unspecified atom stereocenters. The van der Waals surface area contributed by atoms with Crippen LogP contribution in [-0.4, -0.2) is 38.8 Å². The van der Waals surface area contributed by atoms with Crippen LogP contribution in [0.3, 0.4) is 0 Å². The maximum absolute atomic E-state index is 12.9. The molecular weight excluding hydrogens is 550 g/mol. The maximum Gasteiger partial charge on any atom is 0.319 e. The molecule has 1 saturated carbocycles. The summed E-state index contributed by atoms with van der Waals surface area (Å²) in [6.07, 6.45) is 7.66. The number of anilines is 2. The highest BCUT2D eigenvalue weighted by atomic mass is 32.2. The van der Waals surface area contributed by atoms with Gasteiger partial charge in [0.1, 0.15) is 12.4 Å². The number of carbonyl (C=O) groups is 1. The van der Waals surface area contributed by atoms with Crippen LogP contribution < -0.4 is 20.1 Å². The molecule has 3 aromatic carbocycles. The van der Waals surface area contributed by atoms with Gasteiger partial charge in [-0.15, -0.1) is 0 Å². The summed E-state index contributed by atoms with van der Waals surface area (Å²) in [6, 6.07) is 22.8. The Kier molecular flexibility index (Phi) is 11.7. The quantitative estimate of drug-likeness (QED) is 0.148. The fraction of sp³-hybridized carbons (Fsp3) is 0.424. The van der Waals surface area contributed by atoms with Gasteiger partial charge < -0.3 is 20.5 Å². The monoisotopic (exact) mass is 593 g/mol. The van der Waals surface area contributed by atoms with Gasteiger partial charge in [0.05, 0.1) is 11.0 Å². The van der Waals surface area contributed by atoms with Crippen LogP contribution in [-0.2, 0) is 16.4 Å². The normalized spacial score (nSPS) is 17.4. The fourth-order valence-electron chi connectivity index (χ4n) is 5.39. The number of hydrogen-bond acceptors (Lipinski definition) is 5. The lowest BCUT2D eigenvalue weighted by Crippen LogP contribution is -2.29. The number of amides is 2. The first-order valence-corrected chi connectivity index (χ1v) is 16.4. The Hall–Kier alpha value is -3.56. The predicted molar refractivity (Wildman–Crippen MR) is 167 cm³/mol. The summed E-state index contributed by atoms with van der Waals surface area (Å²) < 4.78 is 34.2. The zero-order valence-corrected chi connectivity index (χ0v) is 25.1. The van der Waals surface area contributed by atoms with Crippen LogP contribution in [0.1, 0.15) is 57.4 Å². The Morgan fingerprint density at radius 2 is 1.64 bits per heavy atom. The van der Waals surface area contributed by atoms with Crippen LogP contribution in [0.2, 0.25) is 0 Å². The molecule has 1 aliphatic carbocycles. The third-order valence-electron chi connectivity index (χ3n) is 7.76. The summed E-state index contributed by atoms with van der Waals surface area (Å²) >= 11 is 0. The van der Waals surface area contributed by atoms with Crippen LogP contribution in [0.25, 0.3) is 0 Å². The molecule has 3 atom stereocenters. The van der Waals surface area contributed by atoms with Crippen molar-refractivity contribution in [2.75, 3.05) is 23.2 Å². The second kappa shape index (κ2) is 15.6. The first-order valence-electron chi connectivity index (χ1n) is 14.9. The van der Waals surface area contributed by atoms with Gasteiger partial charge in [-0.25, -0.2) is 13.2 Å². The highest BCUT2D eigenvalue weighted by molar-refractivity contribution is 7.92. The van der Waals surface area contributed by atoms with Crippen LogP contribution >= 0.6 is 0 Å². The lowest BCUT2D eigenvalue weighted by molar-refractivity contribution is 0.0577. The third-order valence-corrected chi connectivity index (χ3v) is 9.16. The van der Waals surface area contributed by atoms with Gasteiger partial charge in [-0.1, -0.05) is 56.5 Å². The van der Waals surface area contributed by atoms with Crippen molar-refractivity contribution in [3.63, 3.8) is 0 Å². The molecular formula is C33H43N3O5S. The molecule has 1 fully saturated rings. The highest BCUT2D eigenvalue weighted by Gasteiger charge is 2.30. The van der Waals surface area contributed by atoms with Gasteiger partial charge in [0.25, 0.3) is 10.0 Å². The van der Waals surface area contributed by atoms with Crippen molar-refractivity contribution in [2.45, 2.75) is 69.3 Å². The first-order chi connectivity index (χ1) is 20.3. The largest absolute Gasteiger partial charge is 0.491 e. The zero-order valence-electron chi connectivity index (χ0n) is 24.3. The predicted octanol–water partition coefficient (Wildman–Crippen LogP) is 6.59. The van der Waals surface area contributed by atoms with Crippen molar-refractivity contribution in [2.24, 2.45) is 11.8 Å². The van der Waals surface area contributed by atoms with Crippen molar-refractivity contribution in [3.05, 3.63) is 84.4 Å². The molecule has 0 radical (unpaired) electrons. The van der Waals surface area contributed by atoms with Crippen molar-refractivity contribution in [1.82, 2.24) is 5.32 Å². The third kappa shape index (κ3) is 9.77. The molecule has 4 N–H and O–H groups in total. The van der Waals surface area contributed by atoms with Crippen LogP contribution in [0.5, 0.6) is 5.75 Å². The number of unbranched alkanes of at least 4 members (excludes halogenated alkanes) is 3. The van der Waals surface area contributed by atoms with E-state index in [1.807, 2.05) is 42.5 Å². The summed E-state index contributed by atoms with van der Waals surface area (Å²) in [4.78, 5) is 12.2. The van der Waals surface area contributed by atoms with E-state index in [-0.39, 0.29) is 16.8 Å². The first kappa shape index (κ1) is 31.4. The van der Waals surface area contributed by atoms with Gasteiger partial charge in [-0.3, -0.25) is 4.72 Å². The molecule has 0 bridgehead atoms. The molecule has 0 aromatic heterocycles. The van der Waals surface area contributed by atoms with Gasteiger partial charge in [-0.05, 0) is 98.0 Å². The van der Waals surface area contributed by atoms with Gasteiger partial charge in [-0.2, -0.15) is 0 Å². The van der Waals surface area contributed by atoms with E-state index < -0.39 is 16.1 Å². The zero-order chi connectivity index (χ0) is 29.8. The second-order valence-corrected chi connectivity index (χ2v) is 12.8. The van der Waals surface area contributed by atoms with E-state index in [1.54, 1.807) is 24.3 Å². The fourth-order valence-corrected chi connectivity index (χ4v) is 6.44. The van der Waals surface area contributed by atoms with Crippen molar-refractivity contribution in [3.8, 4) is 5.75 Å². The Labute approximate surface area is 249 Å². The SMILES string of the molecule is CCCCCCNC(=O)Nc1ccc(S(=O)(=O)Nc2ccc(C[C@@H]3CC[C@H]([C@H](O)COc4ccccc4)C3)cc2)cc1. The molecule has 0 saturated heterocycles. The standard InChI is InChI=1S/C33H43N3O5S/c1-2-3-4-8-21-34-33(38)35-28-17-19-31(20-18-28)42(39,40)36-29-15-12-25(13-16-29)22-26-11-14-27(23-26)32(37)24-41-30-9-6-5-7-10-30/h5-7,9-10,12-13,15-20,26-27,32,36-37H,2-4,8,11,14,21-24H2,1H3,(H2,34,35,38)/t26-,27-,32+/m0/s1. The van der Waals surface area contributed by atoms with Gasteiger partial charge in [0.15, 0.2) is 0 Å². The molecule has 1 aliphatic rings. The minimum absolute atomic E-state index is 0.115. The average Bonchev–Trinajstić information content (AvgIpc) is 3.46. The molecule has 3 aromatic rings. The smallest absolute Gasteiger partial charge is 0.319 e. The molecule has 9 heteroatoms. The second-order valence-electron chi connectivity index (χ2n) is 11.1. The van der Waals surface area contributed by atoms with Crippen LogP contribution in [0, 0.1) is 11.8 Å². The van der Waals surface area contributed by atoms with E-state index in [0.29, 0.717) is 30.4 Å². The highest BCUT2D eigenvalue weighted by Crippen LogP contribution is 2.35. The van der Waals surface area contributed by atoms with E-state index >= 15 is 0 Å². The molecule has 8 nitrogen and oxygen atoms in total. The van der Waals surface area contributed by atoms with Crippen molar-refractivity contribution in [1.29, 1.82) is 0 Å². The van der Waals surface area contributed by atoms with Gasteiger partial charge >= 0.3 is 6.03 Å². The molecule has 2 amide bonds. The number of aliphatic hydroxyl groups is 1. The summed E-state index contributed by atoms with van der Waals surface area (Å²) in [5, 5.41) is 16.2. The molecule has 4 rings (SSSR count). The number of hydrogen-bond donors (Lipinski definition) is 4. The minimum Gasteiger partial charge on any atom is -0.491 e.